The Bertz CT molecular complexity index is 1030. The largest absolute Gasteiger partial charge is 3.00 e. The van der Waals surface area contributed by atoms with Gasteiger partial charge in [-0.2, -0.15) is 0 Å². The monoisotopic (exact) mass is 517 g/mol. The summed E-state index contributed by atoms with van der Waals surface area (Å²) >= 11 is 0. The van der Waals surface area contributed by atoms with E-state index in [1.54, 1.807) is 0 Å². The minimum absolute atomic E-state index is 0. The summed E-state index contributed by atoms with van der Waals surface area (Å²) in [7, 11) is 0. The zero-order chi connectivity index (χ0) is 14.4. The molecule has 0 atom stereocenters. The smallest absolute Gasteiger partial charge is 1.00 e. The molecule has 0 nitrogen and oxygen atoms in total. The maximum Gasteiger partial charge on any atom is 3.00 e. The Labute approximate surface area is 183 Å². The Kier molecular flexibility index (Phi) is 7.85. The second-order valence-corrected chi connectivity index (χ2v) is 5.91. The normalized spacial score (nSPS) is 12.7. The summed E-state index contributed by atoms with van der Waals surface area (Å²) < 4.78 is 0. The number of allylic oxidation sites excluding steroid dienone is 4. The van der Waals surface area contributed by atoms with E-state index in [-0.39, 0.29) is 60.2 Å². The summed E-state index contributed by atoms with van der Waals surface area (Å²) in [6.07, 6.45) is 11.3. The third kappa shape index (κ3) is 3.54. The molecule has 0 saturated heterocycles. The summed E-state index contributed by atoms with van der Waals surface area (Å²) in [5.41, 5.74) is 5.40. The Balaban J connectivity index is 0.000000960. The van der Waals surface area contributed by atoms with Gasteiger partial charge in [0.1, 0.15) is 0 Å². The molecule has 119 valence electrons. The first-order chi connectivity index (χ1) is 10.3. The van der Waals surface area contributed by atoms with E-state index in [0.717, 1.165) is 6.42 Å². The van der Waals surface area contributed by atoms with E-state index < -0.39 is 0 Å². The van der Waals surface area contributed by atoms with Crippen LogP contribution < -0.4 is 44.4 Å². The number of fused-ring (bicyclic) bond motifs is 2. The average molecular weight is 520 g/mol. The maximum atomic E-state index is 3.64. The molecule has 0 spiro atoms. The van der Waals surface area contributed by atoms with Gasteiger partial charge in [0.25, 0.3) is 0 Å². The number of halogens is 2. The van der Waals surface area contributed by atoms with E-state index in [1.165, 1.54) is 43.1 Å². The van der Waals surface area contributed by atoms with E-state index in [1.807, 2.05) is 0 Å². The van der Waals surface area contributed by atoms with Crippen LogP contribution in [0.2, 0.25) is 0 Å². The maximum absolute atomic E-state index is 3.64. The molecule has 0 fully saturated rings. The summed E-state index contributed by atoms with van der Waals surface area (Å²) in [5, 5.41) is 5.19. The van der Waals surface area contributed by atoms with E-state index in [2.05, 4.69) is 74.5 Å². The number of rotatable bonds is 1. The predicted molar refractivity (Wildman–Crippen MR) is 88.8 cm³/mol. The molecule has 0 bridgehead atoms. The van der Waals surface area contributed by atoms with Gasteiger partial charge in [0.05, 0.1) is 0 Å². The number of benzene rings is 2. The van der Waals surface area contributed by atoms with Gasteiger partial charge < -0.3 is 34.0 Å². The summed E-state index contributed by atoms with van der Waals surface area (Å²) in [6.45, 7) is 4.38. The molecule has 1 radical (unpaired) electrons. The van der Waals surface area contributed by atoms with Crippen molar-refractivity contribution in [3.05, 3.63) is 86.6 Å². The summed E-state index contributed by atoms with van der Waals surface area (Å²) in [6, 6.07) is 13.1. The second-order valence-electron chi connectivity index (χ2n) is 5.91. The van der Waals surface area contributed by atoms with Crippen LogP contribution in [0.4, 0.5) is 0 Å². The van der Waals surface area contributed by atoms with Crippen molar-refractivity contribution in [1.29, 1.82) is 0 Å². The fourth-order valence-corrected chi connectivity index (χ4v) is 3.30. The zero-order valence-electron chi connectivity index (χ0n) is 13.7. The van der Waals surface area contributed by atoms with Crippen molar-refractivity contribution >= 4 is 17.2 Å². The van der Waals surface area contributed by atoms with Crippen LogP contribution in [-0.2, 0) is 26.2 Å². The topological polar surface area (TPSA) is 0 Å². The van der Waals surface area contributed by atoms with Gasteiger partial charge in [0, 0.05) is 0 Å². The molecular formula is C21H17Br2Zr. The molecule has 0 heterocycles. The van der Waals surface area contributed by atoms with Crippen molar-refractivity contribution in [2.24, 2.45) is 0 Å². The van der Waals surface area contributed by atoms with Crippen LogP contribution in [0, 0.1) is 10.4 Å². The fourth-order valence-electron chi connectivity index (χ4n) is 3.30. The van der Waals surface area contributed by atoms with Crippen LogP contribution in [0.5, 0.6) is 0 Å². The molecule has 0 saturated carbocycles. The van der Waals surface area contributed by atoms with Gasteiger partial charge in [-0.25, -0.2) is 0 Å². The van der Waals surface area contributed by atoms with E-state index in [4.69, 9.17) is 0 Å². The molecule has 0 unspecified atom stereocenters. The standard InChI is InChI=1S/C21H17.2BrH.Zr/c1-14(2)17-11-12-19-18-10-6-5-9-16(18)13-20(19)21(17)15-7-3-4-8-15;;;/h3-7,9-12H,8H2,1-2H3;2*1H;/q-1;;;+3/p-2. The van der Waals surface area contributed by atoms with Crippen molar-refractivity contribution in [3.8, 4) is 0 Å². The SMILES string of the molecule is CC(C)=c1ccc2c(c1C1=CC=CC1)[C-]=c1ccccc1=2.[Br-].[Br-].[Zr+3]. The van der Waals surface area contributed by atoms with Gasteiger partial charge in [-0.3, -0.25) is 0 Å². The molecule has 0 amide bonds. The molecule has 0 aromatic heterocycles. The molecule has 2 aromatic carbocycles. The van der Waals surface area contributed by atoms with Gasteiger partial charge in [-0.05, 0) is 20.3 Å². The first kappa shape index (κ1) is 21.5. The summed E-state index contributed by atoms with van der Waals surface area (Å²) in [5.74, 6) is 0. The molecule has 0 aliphatic heterocycles. The van der Waals surface area contributed by atoms with Crippen molar-refractivity contribution in [2.75, 3.05) is 0 Å². The second kappa shape index (κ2) is 8.74. The molecule has 2 aliphatic rings. The minimum Gasteiger partial charge on any atom is -1.00 e. The molecule has 0 N–H and O–H groups in total. The molecule has 2 aliphatic carbocycles. The van der Waals surface area contributed by atoms with Crippen LogP contribution in [0.1, 0.15) is 31.4 Å². The first-order valence-electron chi connectivity index (χ1n) is 7.46. The molecule has 4 rings (SSSR count). The average Bonchev–Trinajstić information content (AvgIpc) is 3.13. The van der Waals surface area contributed by atoms with Crippen molar-refractivity contribution in [3.63, 3.8) is 0 Å². The van der Waals surface area contributed by atoms with Gasteiger partial charge in [0.15, 0.2) is 0 Å². The predicted octanol–water partition coefficient (Wildman–Crippen LogP) is -2.47. The number of hydrogen-bond donors (Lipinski definition) is 0. The Hall–Kier alpha value is -0.497. The first-order valence-corrected chi connectivity index (χ1v) is 7.46. The van der Waals surface area contributed by atoms with E-state index in [9.17, 15) is 0 Å². The van der Waals surface area contributed by atoms with Crippen LogP contribution >= 0.6 is 0 Å². The van der Waals surface area contributed by atoms with Gasteiger partial charge >= 0.3 is 26.2 Å². The van der Waals surface area contributed by atoms with Crippen LogP contribution in [0.3, 0.4) is 0 Å². The van der Waals surface area contributed by atoms with Crippen LogP contribution in [-0.4, -0.2) is 0 Å². The number of hydrogen-bond acceptors (Lipinski definition) is 0. The summed E-state index contributed by atoms with van der Waals surface area (Å²) in [4.78, 5) is 0. The third-order valence-electron chi connectivity index (χ3n) is 4.31. The molecule has 3 heteroatoms. The van der Waals surface area contributed by atoms with Crippen molar-refractivity contribution < 1.29 is 60.2 Å². The van der Waals surface area contributed by atoms with Gasteiger partial charge in [-0.15, -0.1) is 33.4 Å². The zero-order valence-corrected chi connectivity index (χ0v) is 19.3. The van der Waals surface area contributed by atoms with Gasteiger partial charge in [-0.1, -0.05) is 70.5 Å². The van der Waals surface area contributed by atoms with Crippen LogP contribution in [0.25, 0.3) is 17.2 Å². The molecular weight excluding hydrogens is 503 g/mol. The minimum atomic E-state index is 0. The molecule has 2 aromatic rings. The Morgan fingerprint density at radius 2 is 1.71 bits per heavy atom. The third-order valence-corrected chi connectivity index (χ3v) is 4.31. The Morgan fingerprint density at radius 3 is 2.38 bits per heavy atom. The fraction of sp³-hybridized carbons (Fsp3) is 0.143. The Morgan fingerprint density at radius 1 is 0.958 bits per heavy atom. The van der Waals surface area contributed by atoms with Gasteiger partial charge in [0.2, 0.25) is 0 Å². The van der Waals surface area contributed by atoms with Crippen LogP contribution in [0.15, 0.2) is 54.6 Å². The molecule has 24 heavy (non-hydrogen) atoms. The van der Waals surface area contributed by atoms with Crippen molar-refractivity contribution in [1.82, 2.24) is 0 Å². The van der Waals surface area contributed by atoms with Crippen molar-refractivity contribution in [2.45, 2.75) is 20.3 Å². The quantitative estimate of drug-likeness (QED) is 0.313. The van der Waals surface area contributed by atoms with E-state index >= 15 is 0 Å². The van der Waals surface area contributed by atoms with E-state index in [0.29, 0.717) is 0 Å².